The number of fused-ring (bicyclic) bond motifs is 1. The molecule has 3 atom stereocenters. The molecule has 1 aromatic heterocycles. The molecular weight excluding hydrogens is 441 g/mol. The predicted octanol–water partition coefficient (Wildman–Crippen LogP) is 4.99. The molecule has 34 heavy (non-hydrogen) atoms. The highest BCUT2D eigenvalue weighted by Gasteiger charge is 2.42. The Balaban J connectivity index is 1.14. The fraction of sp³-hybridized carbons (Fsp3) is 0.615. The largest absolute Gasteiger partial charge is 0.381 e. The average molecular weight is 475 g/mol. The maximum atomic E-state index is 14.3. The minimum Gasteiger partial charge on any atom is -0.381 e. The number of nitrogens with zero attached hydrogens (tertiary/aromatic N) is 3. The van der Waals surface area contributed by atoms with Crippen LogP contribution in [0.25, 0.3) is 11.3 Å². The number of nitrogens with one attached hydrogen (secondary N) is 1. The summed E-state index contributed by atoms with van der Waals surface area (Å²) in [5, 5.41) is 12.0. The lowest BCUT2D eigenvalue weighted by atomic mass is 10.00. The van der Waals surface area contributed by atoms with Gasteiger partial charge in [-0.2, -0.15) is 0 Å². The number of rotatable bonds is 6. The molecule has 2 aliphatic carbocycles. The summed E-state index contributed by atoms with van der Waals surface area (Å²) in [6.07, 6.45) is 5.39. The Labute approximate surface area is 200 Å². The molecule has 0 spiro atoms. The summed E-state index contributed by atoms with van der Waals surface area (Å²) in [7, 11) is 0. The van der Waals surface area contributed by atoms with Crippen LogP contribution in [0.2, 0.25) is 0 Å². The van der Waals surface area contributed by atoms with Crippen LogP contribution >= 0.6 is 0 Å². The summed E-state index contributed by atoms with van der Waals surface area (Å²) in [6.45, 7) is 1.50. The van der Waals surface area contributed by atoms with Gasteiger partial charge in [0.25, 0.3) is 0 Å². The number of hydrogen-bond acceptors (Lipinski definition) is 5. The van der Waals surface area contributed by atoms with E-state index in [1.165, 1.54) is 0 Å². The van der Waals surface area contributed by atoms with Gasteiger partial charge in [0.05, 0.1) is 5.69 Å². The molecule has 8 heteroatoms. The Bertz CT molecular complexity index is 1130. The van der Waals surface area contributed by atoms with Crippen molar-refractivity contribution in [3.8, 4) is 11.3 Å². The Kier molecular flexibility index (Phi) is 5.37. The molecule has 182 valence electrons. The van der Waals surface area contributed by atoms with Crippen molar-refractivity contribution in [2.75, 3.05) is 38.1 Å². The standard InChI is InChI=1S/C26H31F3N4O/c27-19-9-22(25(29)23(28)10-19)24-11-21(16-1-2-16)26(32-31-24)30-20-7-17-13-33(14-18(17)8-20)12-15-3-5-34-6-4-15/h9-11,15-18,20H,1-8,12-14H2,(H,30,32)/t17-,18+,20?/i12D2. The monoisotopic (exact) mass is 474 g/mol. The lowest BCUT2D eigenvalue weighted by Crippen LogP contribution is -2.32. The van der Waals surface area contributed by atoms with Crippen LogP contribution < -0.4 is 5.32 Å². The van der Waals surface area contributed by atoms with E-state index in [1.54, 1.807) is 6.07 Å². The zero-order valence-corrected chi connectivity index (χ0v) is 19.1. The summed E-state index contributed by atoms with van der Waals surface area (Å²) < 4.78 is 64.8. The predicted molar refractivity (Wildman–Crippen MR) is 123 cm³/mol. The third kappa shape index (κ3) is 4.54. The Morgan fingerprint density at radius 2 is 1.74 bits per heavy atom. The minimum absolute atomic E-state index is 0.0188. The number of halogens is 3. The molecule has 0 amide bonds. The SMILES string of the molecule is [2H]C([2H])(C1CCOCC1)N1C[C@H]2CC(Nc3nnc(-c4cc(F)cc(F)c4F)cc3C3CC3)C[C@H]2C1. The maximum absolute atomic E-state index is 14.3. The lowest BCUT2D eigenvalue weighted by Gasteiger charge is -2.28. The number of likely N-dealkylation sites (tertiary alicyclic amines) is 1. The van der Waals surface area contributed by atoms with E-state index in [9.17, 15) is 13.2 Å². The fourth-order valence-electron chi connectivity index (χ4n) is 5.90. The van der Waals surface area contributed by atoms with E-state index in [0.717, 1.165) is 63.2 Å². The van der Waals surface area contributed by atoms with Gasteiger partial charge >= 0.3 is 0 Å². The molecule has 1 N–H and O–H groups in total. The highest BCUT2D eigenvalue weighted by atomic mass is 19.2. The van der Waals surface area contributed by atoms with Crippen LogP contribution in [0, 0.1) is 35.2 Å². The average Bonchev–Trinajstić information content (AvgIpc) is 3.52. The van der Waals surface area contributed by atoms with Gasteiger partial charge in [-0.1, -0.05) is 0 Å². The molecule has 5 nitrogen and oxygen atoms in total. The van der Waals surface area contributed by atoms with Crippen molar-refractivity contribution in [1.29, 1.82) is 0 Å². The van der Waals surface area contributed by atoms with Gasteiger partial charge in [0, 0.05) is 58.8 Å². The molecule has 0 radical (unpaired) electrons. The highest BCUT2D eigenvalue weighted by Crippen LogP contribution is 2.45. The van der Waals surface area contributed by atoms with Gasteiger partial charge in [-0.15, -0.1) is 10.2 Å². The van der Waals surface area contributed by atoms with E-state index in [0.29, 0.717) is 36.9 Å². The van der Waals surface area contributed by atoms with Crippen LogP contribution in [-0.2, 0) is 4.74 Å². The smallest absolute Gasteiger partial charge is 0.168 e. The van der Waals surface area contributed by atoms with Crippen LogP contribution in [0.5, 0.6) is 0 Å². The molecule has 4 aliphatic rings. The summed E-state index contributed by atoms with van der Waals surface area (Å²) >= 11 is 0. The molecule has 1 aromatic carbocycles. The second kappa shape index (κ2) is 9.11. The van der Waals surface area contributed by atoms with Gasteiger partial charge in [0.2, 0.25) is 0 Å². The molecule has 0 bridgehead atoms. The topological polar surface area (TPSA) is 50.3 Å². The summed E-state index contributed by atoms with van der Waals surface area (Å²) in [4.78, 5) is 2.05. The zero-order chi connectivity index (χ0) is 25.0. The first kappa shape index (κ1) is 20.0. The summed E-state index contributed by atoms with van der Waals surface area (Å²) in [5.41, 5.74) is 0.828. The van der Waals surface area contributed by atoms with Crippen molar-refractivity contribution in [2.45, 2.75) is 50.5 Å². The van der Waals surface area contributed by atoms with Gasteiger partial charge in [-0.05, 0) is 74.3 Å². The van der Waals surface area contributed by atoms with Crippen molar-refractivity contribution in [3.05, 3.63) is 41.2 Å². The van der Waals surface area contributed by atoms with Crippen molar-refractivity contribution >= 4 is 5.82 Å². The molecule has 1 unspecified atom stereocenters. The van der Waals surface area contributed by atoms with Gasteiger partial charge in [0.15, 0.2) is 17.5 Å². The van der Waals surface area contributed by atoms with Crippen molar-refractivity contribution in [3.63, 3.8) is 0 Å². The maximum Gasteiger partial charge on any atom is 0.168 e. The van der Waals surface area contributed by atoms with E-state index in [2.05, 4.69) is 15.5 Å². The van der Waals surface area contributed by atoms with E-state index in [-0.39, 0.29) is 29.1 Å². The number of anilines is 1. The Morgan fingerprint density at radius 1 is 1.00 bits per heavy atom. The van der Waals surface area contributed by atoms with Crippen molar-refractivity contribution in [2.24, 2.45) is 17.8 Å². The van der Waals surface area contributed by atoms with E-state index < -0.39 is 23.9 Å². The molecule has 3 heterocycles. The second-order valence-electron chi connectivity index (χ2n) is 10.3. The van der Waals surface area contributed by atoms with Gasteiger partial charge in [-0.3, -0.25) is 0 Å². The van der Waals surface area contributed by atoms with Gasteiger partial charge in [0.1, 0.15) is 5.82 Å². The number of ether oxygens (including phenoxy) is 1. The van der Waals surface area contributed by atoms with Crippen LogP contribution in [0.15, 0.2) is 18.2 Å². The van der Waals surface area contributed by atoms with Crippen LogP contribution in [-0.4, -0.2) is 53.9 Å². The number of aromatic nitrogens is 2. The van der Waals surface area contributed by atoms with Crippen LogP contribution in [0.1, 0.15) is 52.7 Å². The van der Waals surface area contributed by atoms with Crippen LogP contribution in [0.4, 0.5) is 19.0 Å². The molecule has 6 rings (SSSR count). The first-order valence-corrected chi connectivity index (χ1v) is 12.4. The van der Waals surface area contributed by atoms with Crippen molar-refractivity contribution in [1.82, 2.24) is 15.1 Å². The fourth-order valence-corrected chi connectivity index (χ4v) is 5.90. The van der Waals surface area contributed by atoms with Gasteiger partial charge < -0.3 is 15.0 Å². The second-order valence-corrected chi connectivity index (χ2v) is 10.3. The Hall–Kier alpha value is -2.19. The summed E-state index contributed by atoms with van der Waals surface area (Å²) in [5.74, 6) is -1.39. The number of hydrogen-bond donors (Lipinski definition) is 1. The van der Waals surface area contributed by atoms with E-state index in [1.807, 2.05) is 4.90 Å². The normalized spacial score (nSPS) is 29.1. The molecule has 2 saturated carbocycles. The number of benzene rings is 1. The summed E-state index contributed by atoms with van der Waals surface area (Å²) in [6, 6.07) is 3.40. The minimum atomic E-state index is -1.30. The van der Waals surface area contributed by atoms with Gasteiger partial charge in [-0.25, -0.2) is 13.2 Å². The van der Waals surface area contributed by atoms with E-state index >= 15 is 0 Å². The highest BCUT2D eigenvalue weighted by molar-refractivity contribution is 5.64. The quantitative estimate of drug-likeness (QED) is 0.598. The molecule has 2 aromatic rings. The van der Waals surface area contributed by atoms with Crippen molar-refractivity contribution < 1.29 is 20.6 Å². The van der Waals surface area contributed by atoms with E-state index in [4.69, 9.17) is 7.48 Å². The first-order valence-electron chi connectivity index (χ1n) is 13.4. The third-order valence-corrected chi connectivity index (χ3v) is 7.79. The van der Waals surface area contributed by atoms with Crippen LogP contribution in [0.3, 0.4) is 0 Å². The molecular formula is C26H31F3N4O. The Morgan fingerprint density at radius 3 is 2.44 bits per heavy atom. The lowest BCUT2D eigenvalue weighted by molar-refractivity contribution is 0.0545. The first-order chi connectivity index (χ1) is 17.3. The third-order valence-electron chi connectivity index (χ3n) is 7.79. The zero-order valence-electron chi connectivity index (χ0n) is 21.1. The molecule has 2 aliphatic heterocycles. The molecule has 4 fully saturated rings. The molecule has 2 saturated heterocycles.